The highest BCUT2D eigenvalue weighted by atomic mass is 16.2. The van der Waals surface area contributed by atoms with Crippen LogP contribution in [0.2, 0.25) is 0 Å². The number of hydrogen-bond acceptors (Lipinski definition) is 2. The summed E-state index contributed by atoms with van der Waals surface area (Å²) < 4.78 is 0. The Morgan fingerprint density at radius 2 is 1.76 bits per heavy atom. The zero-order valence-corrected chi connectivity index (χ0v) is 12.1. The number of rotatable bonds is 2. The number of carbonyl (C=O) groups excluding carboxylic acids is 1. The molecule has 2 aromatic carbocycles. The van der Waals surface area contributed by atoms with Crippen molar-refractivity contribution in [3.63, 3.8) is 0 Å². The van der Waals surface area contributed by atoms with Crippen LogP contribution in [-0.2, 0) is 6.42 Å². The first-order chi connectivity index (χ1) is 10.2. The minimum atomic E-state index is -0.227. The Labute approximate surface area is 124 Å². The summed E-state index contributed by atoms with van der Waals surface area (Å²) in [7, 11) is 0. The number of carbonyl (C=O) groups is 1. The van der Waals surface area contributed by atoms with E-state index in [0.29, 0.717) is 0 Å². The molecule has 108 valence electrons. The summed E-state index contributed by atoms with van der Waals surface area (Å²) in [6.45, 7) is 3.01. The Morgan fingerprint density at radius 1 is 1.05 bits per heavy atom. The smallest absolute Gasteiger partial charge is 0.323 e. The van der Waals surface area contributed by atoms with Crippen molar-refractivity contribution in [2.75, 3.05) is 22.5 Å². The van der Waals surface area contributed by atoms with Crippen molar-refractivity contribution in [2.24, 2.45) is 0 Å². The third-order valence-electron chi connectivity index (χ3n) is 3.62. The Balaban J connectivity index is 1.65. The van der Waals surface area contributed by atoms with Crippen molar-refractivity contribution in [3.05, 3.63) is 53.6 Å². The predicted molar refractivity (Wildman–Crippen MR) is 87.1 cm³/mol. The fraction of sp³-hybridized carbons (Fsp3) is 0.235. The van der Waals surface area contributed by atoms with E-state index in [4.69, 9.17) is 0 Å². The van der Waals surface area contributed by atoms with Gasteiger partial charge in [-0.15, -0.1) is 0 Å². The summed E-state index contributed by atoms with van der Waals surface area (Å²) in [5.41, 5.74) is 5.18. The highest BCUT2D eigenvalue weighted by molar-refractivity contribution is 6.00. The number of fused-ring (bicyclic) bond motifs is 1. The van der Waals surface area contributed by atoms with E-state index in [1.54, 1.807) is 0 Å². The van der Waals surface area contributed by atoms with E-state index in [9.17, 15) is 4.79 Å². The topological polar surface area (TPSA) is 53.2 Å². The largest absolute Gasteiger partial charge is 0.385 e. The van der Waals surface area contributed by atoms with Gasteiger partial charge in [0.25, 0.3) is 0 Å². The lowest BCUT2D eigenvalue weighted by molar-refractivity contribution is 0.262. The van der Waals surface area contributed by atoms with E-state index < -0.39 is 0 Å². The van der Waals surface area contributed by atoms with Crippen LogP contribution in [0.4, 0.5) is 21.9 Å². The van der Waals surface area contributed by atoms with Crippen molar-refractivity contribution >= 4 is 23.1 Å². The highest BCUT2D eigenvalue weighted by Gasteiger charge is 2.10. The van der Waals surface area contributed by atoms with E-state index in [2.05, 4.69) is 22.0 Å². The minimum Gasteiger partial charge on any atom is -0.385 e. The SMILES string of the molecule is Cc1ccc(NC(=O)Nc2ccc3c(c2)NCCC3)cc1. The van der Waals surface area contributed by atoms with E-state index in [1.807, 2.05) is 43.3 Å². The van der Waals surface area contributed by atoms with E-state index >= 15 is 0 Å². The van der Waals surface area contributed by atoms with Gasteiger partial charge in [-0.3, -0.25) is 0 Å². The summed E-state index contributed by atoms with van der Waals surface area (Å²) in [6.07, 6.45) is 2.26. The summed E-state index contributed by atoms with van der Waals surface area (Å²) >= 11 is 0. The molecule has 0 saturated heterocycles. The van der Waals surface area contributed by atoms with Crippen molar-refractivity contribution in [1.82, 2.24) is 0 Å². The van der Waals surface area contributed by atoms with Crippen molar-refractivity contribution in [2.45, 2.75) is 19.8 Å². The lowest BCUT2D eigenvalue weighted by atomic mass is 10.0. The predicted octanol–water partition coefficient (Wildman–Crippen LogP) is 4.00. The van der Waals surface area contributed by atoms with Crippen molar-refractivity contribution < 1.29 is 4.79 Å². The summed E-state index contributed by atoms with van der Waals surface area (Å²) in [5.74, 6) is 0. The molecule has 3 N–H and O–H groups in total. The van der Waals surface area contributed by atoms with Gasteiger partial charge in [0, 0.05) is 23.6 Å². The first-order valence-corrected chi connectivity index (χ1v) is 7.22. The standard InChI is InChI=1S/C17H19N3O/c1-12-4-7-14(8-5-12)19-17(21)20-15-9-6-13-3-2-10-18-16(13)11-15/h4-9,11,18H,2-3,10H2,1H3,(H2,19,20,21). The highest BCUT2D eigenvalue weighted by Crippen LogP contribution is 2.25. The second-order valence-electron chi connectivity index (χ2n) is 5.35. The number of nitrogens with one attached hydrogen (secondary N) is 3. The van der Waals surface area contributed by atoms with Crippen LogP contribution in [0.1, 0.15) is 17.5 Å². The number of amides is 2. The van der Waals surface area contributed by atoms with Crippen molar-refractivity contribution in [1.29, 1.82) is 0 Å². The normalized spacial score (nSPS) is 13.0. The van der Waals surface area contributed by atoms with Crippen LogP contribution in [0.25, 0.3) is 0 Å². The third-order valence-corrected chi connectivity index (χ3v) is 3.62. The van der Waals surface area contributed by atoms with Gasteiger partial charge in [-0.25, -0.2) is 4.79 Å². The fourth-order valence-electron chi connectivity index (χ4n) is 2.47. The second-order valence-corrected chi connectivity index (χ2v) is 5.35. The molecule has 21 heavy (non-hydrogen) atoms. The number of urea groups is 1. The van der Waals surface area contributed by atoms with Crippen LogP contribution in [0.3, 0.4) is 0 Å². The van der Waals surface area contributed by atoms with Gasteiger partial charge in [0.15, 0.2) is 0 Å². The number of anilines is 3. The molecule has 1 heterocycles. The Morgan fingerprint density at radius 3 is 2.57 bits per heavy atom. The Kier molecular flexibility index (Phi) is 3.77. The zero-order valence-electron chi connectivity index (χ0n) is 12.1. The molecule has 1 aliphatic rings. The number of benzene rings is 2. The van der Waals surface area contributed by atoms with E-state index in [1.165, 1.54) is 11.1 Å². The van der Waals surface area contributed by atoms with Crippen LogP contribution in [0.5, 0.6) is 0 Å². The van der Waals surface area contributed by atoms with E-state index in [-0.39, 0.29) is 6.03 Å². The molecule has 0 bridgehead atoms. The molecule has 4 nitrogen and oxygen atoms in total. The summed E-state index contributed by atoms with van der Waals surface area (Å²) in [6, 6.07) is 13.5. The maximum Gasteiger partial charge on any atom is 0.323 e. The van der Waals surface area contributed by atoms with Gasteiger partial charge in [-0.1, -0.05) is 23.8 Å². The lowest BCUT2D eigenvalue weighted by Crippen LogP contribution is -2.20. The van der Waals surface area contributed by atoms with Gasteiger partial charge in [0.1, 0.15) is 0 Å². The first kappa shape index (κ1) is 13.5. The van der Waals surface area contributed by atoms with Gasteiger partial charge >= 0.3 is 6.03 Å². The van der Waals surface area contributed by atoms with Gasteiger partial charge < -0.3 is 16.0 Å². The summed E-state index contributed by atoms with van der Waals surface area (Å²) in [4.78, 5) is 12.0. The molecule has 0 radical (unpaired) electrons. The third kappa shape index (κ3) is 3.34. The van der Waals surface area contributed by atoms with Crippen LogP contribution in [0.15, 0.2) is 42.5 Å². The fourth-order valence-corrected chi connectivity index (χ4v) is 2.47. The van der Waals surface area contributed by atoms with Crippen LogP contribution < -0.4 is 16.0 Å². The van der Waals surface area contributed by atoms with Gasteiger partial charge in [-0.2, -0.15) is 0 Å². The molecule has 0 unspecified atom stereocenters. The molecule has 0 saturated carbocycles. The van der Waals surface area contributed by atoms with Crippen molar-refractivity contribution in [3.8, 4) is 0 Å². The Bertz CT molecular complexity index is 650. The number of hydrogen-bond donors (Lipinski definition) is 3. The average Bonchev–Trinajstić information content (AvgIpc) is 2.49. The van der Waals surface area contributed by atoms with Gasteiger partial charge in [0.05, 0.1) is 0 Å². The zero-order chi connectivity index (χ0) is 14.7. The molecular formula is C17H19N3O. The van der Waals surface area contributed by atoms with E-state index in [0.717, 1.165) is 36.4 Å². The molecule has 2 aromatic rings. The molecule has 1 aliphatic heterocycles. The molecule has 0 aromatic heterocycles. The number of aryl methyl sites for hydroxylation is 2. The summed E-state index contributed by atoms with van der Waals surface area (Å²) in [5, 5.41) is 9.05. The quantitative estimate of drug-likeness (QED) is 0.779. The van der Waals surface area contributed by atoms with Gasteiger partial charge in [-0.05, 0) is 49.6 Å². The van der Waals surface area contributed by atoms with Gasteiger partial charge in [0.2, 0.25) is 0 Å². The molecule has 0 atom stereocenters. The molecular weight excluding hydrogens is 262 g/mol. The average molecular weight is 281 g/mol. The lowest BCUT2D eigenvalue weighted by Gasteiger charge is -2.19. The maximum atomic E-state index is 12.0. The Hall–Kier alpha value is -2.49. The molecule has 4 heteroatoms. The van der Waals surface area contributed by atoms with Crippen LogP contribution in [0, 0.1) is 6.92 Å². The van der Waals surface area contributed by atoms with Crippen LogP contribution >= 0.6 is 0 Å². The molecule has 0 spiro atoms. The van der Waals surface area contributed by atoms with Crippen LogP contribution in [-0.4, -0.2) is 12.6 Å². The first-order valence-electron chi connectivity index (χ1n) is 7.22. The molecule has 3 rings (SSSR count). The molecule has 0 fully saturated rings. The second kappa shape index (κ2) is 5.87. The molecule has 0 aliphatic carbocycles. The monoisotopic (exact) mass is 281 g/mol. The molecule has 2 amide bonds. The maximum absolute atomic E-state index is 12.0. The minimum absolute atomic E-state index is 0.227.